The minimum Gasteiger partial charge on any atom is -0.466 e. The molecule has 1 aromatic carbocycles. The highest BCUT2D eigenvalue weighted by molar-refractivity contribution is 5.94. The number of Topliss-reactive ketones (excluding diaryl/α,β-unsaturated/α-hetero) is 1. The molecule has 6 heteroatoms. The number of fused-ring (bicyclic) bond motifs is 1. The van der Waals surface area contributed by atoms with Crippen LogP contribution in [0.15, 0.2) is 35.5 Å². The third-order valence-corrected chi connectivity index (χ3v) is 7.26. The zero-order valence-corrected chi connectivity index (χ0v) is 15.6. The van der Waals surface area contributed by atoms with Crippen LogP contribution in [0.1, 0.15) is 31.7 Å². The van der Waals surface area contributed by atoms with Gasteiger partial charge in [0.05, 0.1) is 30.7 Å². The highest BCUT2D eigenvalue weighted by Gasteiger charge is 2.68. The number of esters is 1. The molecule has 4 atom stereocenters. The molecule has 0 saturated carbocycles. The lowest BCUT2D eigenvalue weighted by atomic mass is 9.52. The molecule has 6 nitrogen and oxygen atoms in total. The molecule has 2 saturated heterocycles. The van der Waals surface area contributed by atoms with Gasteiger partial charge in [0.2, 0.25) is 0 Å². The number of hydrogen-bond donors (Lipinski definition) is 2. The van der Waals surface area contributed by atoms with Crippen molar-refractivity contribution in [2.45, 2.75) is 43.7 Å². The summed E-state index contributed by atoms with van der Waals surface area (Å²) in [6.45, 7) is 2.96. The summed E-state index contributed by atoms with van der Waals surface area (Å²) in [7, 11) is 1.39. The normalized spacial score (nSPS) is 35.2. The number of carbonyl (C=O) groups excluding carboxylic acids is 2. The van der Waals surface area contributed by atoms with Gasteiger partial charge in [0, 0.05) is 35.8 Å². The van der Waals surface area contributed by atoms with Gasteiger partial charge in [-0.2, -0.15) is 0 Å². The minimum absolute atomic E-state index is 0.0118. The topological polar surface area (TPSA) is 78.9 Å². The van der Waals surface area contributed by atoms with Crippen LogP contribution in [0.3, 0.4) is 0 Å². The van der Waals surface area contributed by atoms with Crippen molar-refractivity contribution in [2.24, 2.45) is 5.41 Å². The van der Waals surface area contributed by atoms with E-state index in [1.807, 2.05) is 18.2 Å². The summed E-state index contributed by atoms with van der Waals surface area (Å²) in [6, 6.07) is 8.14. The first-order valence-electron chi connectivity index (χ1n) is 9.56. The molecule has 0 unspecified atom stereocenters. The number of methoxy groups -OCH3 is 1. The maximum Gasteiger partial charge on any atom is 0.335 e. The van der Waals surface area contributed by atoms with E-state index in [0.717, 1.165) is 29.9 Å². The van der Waals surface area contributed by atoms with Gasteiger partial charge in [0.1, 0.15) is 5.78 Å². The number of piperidine rings is 1. The van der Waals surface area contributed by atoms with Crippen molar-refractivity contribution in [2.75, 3.05) is 25.5 Å². The van der Waals surface area contributed by atoms with Crippen LogP contribution in [0.5, 0.6) is 0 Å². The Balaban J connectivity index is 1.83. The monoisotopic (exact) mass is 368 g/mol. The molecule has 5 rings (SSSR count). The van der Waals surface area contributed by atoms with E-state index in [1.165, 1.54) is 7.11 Å². The predicted molar refractivity (Wildman–Crippen MR) is 99.1 cm³/mol. The van der Waals surface area contributed by atoms with Crippen molar-refractivity contribution in [3.05, 3.63) is 41.1 Å². The number of anilines is 1. The van der Waals surface area contributed by atoms with Gasteiger partial charge in [-0.1, -0.05) is 18.2 Å². The zero-order chi connectivity index (χ0) is 19.0. The van der Waals surface area contributed by atoms with Crippen LogP contribution in [0.2, 0.25) is 0 Å². The number of carbonyl (C=O) groups is 2. The lowest BCUT2D eigenvalue weighted by Crippen LogP contribution is -2.65. The van der Waals surface area contributed by atoms with Crippen LogP contribution in [0.25, 0.3) is 0 Å². The smallest absolute Gasteiger partial charge is 0.335 e. The van der Waals surface area contributed by atoms with E-state index in [1.54, 1.807) is 6.92 Å². The van der Waals surface area contributed by atoms with Crippen LogP contribution in [0, 0.1) is 5.41 Å². The molecule has 3 aliphatic heterocycles. The molecule has 0 radical (unpaired) electrons. The summed E-state index contributed by atoms with van der Waals surface area (Å²) >= 11 is 0. The largest absolute Gasteiger partial charge is 0.466 e. The lowest BCUT2D eigenvalue weighted by molar-refractivity contribution is -0.144. The molecular formula is C21H24N2O4. The van der Waals surface area contributed by atoms with Gasteiger partial charge in [-0.15, -0.1) is 0 Å². The van der Waals surface area contributed by atoms with Gasteiger partial charge in [-0.25, -0.2) is 4.79 Å². The number of nitrogens with zero attached hydrogens (tertiary/aromatic N) is 1. The molecule has 2 N–H and O–H groups in total. The first-order valence-corrected chi connectivity index (χ1v) is 9.56. The van der Waals surface area contributed by atoms with Gasteiger partial charge >= 0.3 is 5.97 Å². The number of benzene rings is 1. The molecule has 2 fully saturated rings. The van der Waals surface area contributed by atoms with E-state index in [0.29, 0.717) is 25.0 Å². The number of para-hydroxylation sites is 1. The van der Waals surface area contributed by atoms with Gasteiger partial charge in [0.15, 0.2) is 0 Å². The Morgan fingerprint density at radius 2 is 2.15 bits per heavy atom. The van der Waals surface area contributed by atoms with Crippen LogP contribution in [-0.2, 0) is 19.7 Å². The summed E-state index contributed by atoms with van der Waals surface area (Å²) in [5, 5.41) is 14.4. The molecule has 1 spiro atoms. The number of hydrogen-bond acceptors (Lipinski definition) is 6. The Bertz CT molecular complexity index is 892. The van der Waals surface area contributed by atoms with Crippen molar-refractivity contribution < 1.29 is 19.4 Å². The van der Waals surface area contributed by atoms with Gasteiger partial charge in [-0.3, -0.25) is 9.69 Å². The summed E-state index contributed by atoms with van der Waals surface area (Å²) in [6.07, 6.45) is 0.753. The Morgan fingerprint density at radius 3 is 2.89 bits per heavy atom. The van der Waals surface area contributed by atoms with Crippen LogP contribution < -0.4 is 5.32 Å². The summed E-state index contributed by atoms with van der Waals surface area (Å²) in [5.41, 5.74) is 2.56. The van der Waals surface area contributed by atoms with E-state index < -0.39 is 16.9 Å². The first-order chi connectivity index (χ1) is 12.9. The number of rotatable bonds is 2. The van der Waals surface area contributed by atoms with Gasteiger partial charge in [-0.05, 0) is 31.4 Å². The van der Waals surface area contributed by atoms with Gasteiger partial charge in [0.25, 0.3) is 0 Å². The van der Waals surface area contributed by atoms with Crippen LogP contribution in [0.4, 0.5) is 5.69 Å². The van der Waals surface area contributed by atoms with Crippen molar-refractivity contribution in [3.8, 4) is 0 Å². The second-order valence-electron chi connectivity index (χ2n) is 8.41. The second kappa shape index (κ2) is 5.42. The second-order valence-corrected chi connectivity index (χ2v) is 8.41. The van der Waals surface area contributed by atoms with E-state index >= 15 is 0 Å². The Morgan fingerprint density at radius 1 is 1.37 bits per heavy atom. The maximum absolute atomic E-state index is 12.8. The summed E-state index contributed by atoms with van der Waals surface area (Å²) in [5.74, 6) is -0.240. The molecule has 142 valence electrons. The number of ketones is 1. The highest BCUT2D eigenvalue weighted by Crippen LogP contribution is 2.64. The van der Waals surface area contributed by atoms with E-state index in [2.05, 4.69) is 16.3 Å². The molecule has 1 aromatic rings. The quantitative estimate of drug-likeness (QED) is 0.772. The molecule has 0 aromatic heterocycles. The Hall–Kier alpha value is -2.18. The molecular weight excluding hydrogens is 344 g/mol. The predicted octanol–water partition coefficient (Wildman–Crippen LogP) is 1.59. The fraction of sp³-hybridized carbons (Fsp3) is 0.524. The molecule has 0 amide bonds. The van der Waals surface area contributed by atoms with Gasteiger partial charge < -0.3 is 15.2 Å². The Kier molecular flexibility index (Phi) is 3.41. The van der Waals surface area contributed by atoms with Crippen molar-refractivity contribution >= 4 is 17.4 Å². The molecule has 27 heavy (non-hydrogen) atoms. The maximum atomic E-state index is 12.8. The Labute approximate surface area is 158 Å². The number of nitrogens with one attached hydrogen (secondary N) is 1. The average Bonchev–Trinajstić information content (AvgIpc) is 3.20. The zero-order valence-electron chi connectivity index (χ0n) is 15.6. The lowest BCUT2D eigenvalue weighted by Gasteiger charge is -2.56. The highest BCUT2D eigenvalue weighted by atomic mass is 16.5. The van der Waals surface area contributed by atoms with Crippen LogP contribution in [-0.4, -0.2) is 54.1 Å². The SMILES string of the molecule is COC(=O)C1=C2Nc3ccccc3[C@@]23CCN2CC(=O)C[C@@]([C@H](C)O)(C1)[C@H]23. The van der Waals surface area contributed by atoms with Crippen molar-refractivity contribution in [1.29, 1.82) is 0 Å². The molecule has 1 aliphatic carbocycles. The van der Waals surface area contributed by atoms with Crippen molar-refractivity contribution in [1.82, 2.24) is 4.90 Å². The fourth-order valence-electron chi connectivity index (χ4n) is 6.32. The van der Waals surface area contributed by atoms with Crippen molar-refractivity contribution in [3.63, 3.8) is 0 Å². The standard InChI is InChI=1S/C21H24N2O4/c1-12(24)20-9-13(25)11-23-8-7-21(19(20)23)15-5-3-4-6-16(15)22-17(21)14(10-20)18(26)27-2/h3-6,12,19,22,24H,7-11H2,1-2H3/t12-,19-,20-,21-/m0/s1. The molecule has 3 heterocycles. The third-order valence-electron chi connectivity index (χ3n) is 7.26. The minimum atomic E-state index is -0.710. The summed E-state index contributed by atoms with van der Waals surface area (Å²) in [4.78, 5) is 27.6. The number of ether oxygens (including phenoxy) is 1. The molecule has 0 bridgehead atoms. The molecule has 4 aliphatic rings. The van der Waals surface area contributed by atoms with E-state index in [-0.39, 0.29) is 17.8 Å². The first kappa shape index (κ1) is 17.0. The fourth-order valence-corrected chi connectivity index (χ4v) is 6.32. The number of aliphatic hydroxyl groups is 1. The van der Waals surface area contributed by atoms with E-state index in [4.69, 9.17) is 4.74 Å². The van der Waals surface area contributed by atoms with E-state index in [9.17, 15) is 14.7 Å². The average molecular weight is 368 g/mol. The number of aliphatic hydroxyl groups excluding tert-OH is 1. The van der Waals surface area contributed by atoms with Crippen LogP contribution >= 0.6 is 0 Å². The summed E-state index contributed by atoms with van der Waals surface area (Å²) < 4.78 is 5.11. The third kappa shape index (κ3) is 1.92.